The summed E-state index contributed by atoms with van der Waals surface area (Å²) in [6.45, 7) is 4.23. The Morgan fingerprint density at radius 1 is 1.40 bits per heavy atom. The molecule has 0 saturated heterocycles. The minimum absolute atomic E-state index is 0.280. The summed E-state index contributed by atoms with van der Waals surface area (Å²) < 4.78 is 6.16. The number of nitrogens with one attached hydrogen (secondary N) is 1. The van der Waals surface area contributed by atoms with Crippen LogP contribution in [0.15, 0.2) is 16.6 Å². The summed E-state index contributed by atoms with van der Waals surface area (Å²) in [6.07, 6.45) is 1.82. The van der Waals surface area contributed by atoms with Crippen molar-refractivity contribution in [3.8, 4) is 0 Å². The molecule has 2 rings (SSSR count). The molecule has 1 aromatic carbocycles. The number of hydrogen-bond acceptors (Lipinski definition) is 2. The van der Waals surface area contributed by atoms with Crippen LogP contribution in [-0.2, 0) is 11.2 Å². The van der Waals surface area contributed by atoms with E-state index in [0.29, 0.717) is 12.3 Å². The first kappa shape index (κ1) is 15.6. The van der Waals surface area contributed by atoms with Gasteiger partial charge in [0, 0.05) is 15.2 Å². The van der Waals surface area contributed by atoms with Crippen molar-refractivity contribution in [1.82, 2.24) is 4.98 Å². The third-order valence-corrected chi connectivity index (χ3v) is 4.83. The molecule has 1 heterocycles. The predicted molar refractivity (Wildman–Crippen MR) is 88.8 cm³/mol. The number of H-pyrrole nitrogens is 1. The van der Waals surface area contributed by atoms with Crippen molar-refractivity contribution >= 4 is 48.7 Å². The number of rotatable bonds is 5. The van der Waals surface area contributed by atoms with Crippen molar-refractivity contribution < 1.29 is 9.53 Å². The largest absolute Gasteiger partial charge is 0.461 e. The molecular weight excluding hydrogens is 386 g/mol. The predicted octanol–water partition coefficient (Wildman–Crippen LogP) is 4.74. The maximum atomic E-state index is 12.1. The van der Waals surface area contributed by atoms with Gasteiger partial charge in [-0.2, -0.15) is 0 Å². The normalized spacial score (nSPS) is 11.0. The van der Waals surface area contributed by atoms with Gasteiger partial charge in [-0.15, -0.1) is 0 Å². The van der Waals surface area contributed by atoms with Crippen LogP contribution in [-0.4, -0.2) is 22.9 Å². The number of hydrogen-bond donors (Lipinski definition) is 1. The molecule has 3 nitrogen and oxygen atoms in total. The number of carbonyl (C=O) groups is 1. The third kappa shape index (κ3) is 2.93. The summed E-state index contributed by atoms with van der Waals surface area (Å²) in [5, 5.41) is 2.00. The molecule has 0 spiro atoms. The quantitative estimate of drug-likeness (QED) is 0.579. The standard InChI is InChI=1S/C15H17Br2NO2/c1-3-20-15(19)14-10(5-4-8-16)11-7-6-9(2)12(17)13(11)18-14/h6-7,18H,3-5,8H2,1-2H3. The van der Waals surface area contributed by atoms with E-state index in [1.54, 1.807) is 0 Å². The van der Waals surface area contributed by atoms with Crippen LogP contribution in [0.4, 0.5) is 0 Å². The highest BCUT2D eigenvalue weighted by molar-refractivity contribution is 9.10. The van der Waals surface area contributed by atoms with E-state index >= 15 is 0 Å². The van der Waals surface area contributed by atoms with E-state index in [1.807, 2.05) is 13.8 Å². The zero-order valence-electron chi connectivity index (χ0n) is 11.6. The summed E-state index contributed by atoms with van der Waals surface area (Å²) in [5.74, 6) is -0.280. The Hall–Kier alpha value is -0.810. The molecule has 0 aliphatic carbocycles. The SMILES string of the molecule is CCOC(=O)c1[nH]c2c(Br)c(C)ccc2c1CCCBr. The average Bonchev–Trinajstić information content (AvgIpc) is 2.80. The van der Waals surface area contributed by atoms with Crippen LogP contribution in [0.3, 0.4) is 0 Å². The lowest BCUT2D eigenvalue weighted by Crippen LogP contribution is -2.08. The van der Waals surface area contributed by atoms with Gasteiger partial charge in [-0.05, 0) is 53.7 Å². The Morgan fingerprint density at radius 3 is 2.80 bits per heavy atom. The van der Waals surface area contributed by atoms with Gasteiger partial charge in [0.15, 0.2) is 0 Å². The lowest BCUT2D eigenvalue weighted by atomic mass is 10.0. The van der Waals surface area contributed by atoms with E-state index in [2.05, 4.69) is 49.0 Å². The minimum Gasteiger partial charge on any atom is -0.461 e. The Morgan fingerprint density at radius 2 is 2.15 bits per heavy atom. The van der Waals surface area contributed by atoms with Crippen LogP contribution in [0.25, 0.3) is 10.9 Å². The van der Waals surface area contributed by atoms with Gasteiger partial charge in [-0.1, -0.05) is 28.1 Å². The highest BCUT2D eigenvalue weighted by atomic mass is 79.9. The number of aromatic nitrogens is 1. The molecule has 1 N–H and O–H groups in total. The van der Waals surface area contributed by atoms with Crippen molar-refractivity contribution in [2.75, 3.05) is 11.9 Å². The average molecular weight is 403 g/mol. The van der Waals surface area contributed by atoms with Crippen molar-refractivity contribution in [2.45, 2.75) is 26.7 Å². The van der Waals surface area contributed by atoms with Gasteiger partial charge in [0.1, 0.15) is 5.69 Å². The molecule has 20 heavy (non-hydrogen) atoms. The molecule has 0 amide bonds. The van der Waals surface area contributed by atoms with E-state index in [0.717, 1.165) is 44.7 Å². The van der Waals surface area contributed by atoms with E-state index in [1.165, 1.54) is 0 Å². The Labute approximate surface area is 135 Å². The molecular formula is C15H17Br2NO2. The Bertz CT molecular complexity index is 634. The first-order valence-electron chi connectivity index (χ1n) is 6.62. The molecule has 0 bridgehead atoms. The molecule has 1 aromatic heterocycles. The van der Waals surface area contributed by atoms with E-state index in [4.69, 9.17) is 4.74 Å². The van der Waals surface area contributed by atoms with Crippen molar-refractivity contribution in [2.24, 2.45) is 0 Å². The van der Waals surface area contributed by atoms with Crippen LogP contribution in [0.2, 0.25) is 0 Å². The maximum Gasteiger partial charge on any atom is 0.355 e. The minimum atomic E-state index is -0.280. The number of halogens is 2. The first-order valence-corrected chi connectivity index (χ1v) is 8.54. The van der Waals surface area contributed by atoms with Gasteiger partial charge in [0.25, 0.3) is 0 Å². The number of aromatic amines is 1. The smallest absolute Gasteiger partial charge is 0.355 e. The number of benzene rings is 1. The van der Waals surface area contributed by atoms with Gasteiger partial charge in [0.05, 0.1) is 12.1 Å². The number of fused-ring (bicyclic) bond motifs is 1. The van der Waals surface area contributed by atoms with Crippen molar-refractivity contribution in [3.63, 3.8) is 0 Å². The molecule has 2 aromatic rings. The number of esters is 1. The van der Waals surface area contributed by atoms with Crippen molar-refractivity contribution in [1.29, 1.82) is 0 Å². The fourth-order valence-corrected chi connectivity index (χ4v) is 3.00. The van der Waals surface area contributed by atoms with Gasteiger partial charge >= 0.3 is 5.97 Å². The van der Waals surface area contributed by atoms with Gasteiger partial charge in [0.2, 0.25) is 0 Å². The molecule has 0 aliphatic rings. The van der Waals surface area contributed by atoms with Crippen LogP contribution < -0.4 is 0 Å². The summed E-state index contributed by atoms with van der Waals surface area (Å²) in [4.78, 5) is 15.3. The van der Waals surface area contributed by atoms with Gasteiger partial charge in [-0.3, -0.25) is 0 Å². The second kappa shape index (κ2) is 6.76. The molecule has 108 valence electrons. The summed E-state index contributed by atoms with van der Waals surface area (Å²) in [6, 6.07) is 4.13. The lowest BCUT2D eigenvalue weighted by Gasteiger charge is -2.04. The molecule has 0 radical (unpaired) electrons. The van der Waals surface area contributed by atoms with Gasteiger partial charge in [-0.25, -0.2) is 4.79 Å². The molecule has 0 fully saturated rings. The highest BCUT2D eigenvalue weighted by Crippen LogP contribution is 2.32. The first-order chi connectivity index (χ1) is 9.60. The van der Waals surface area contributed by atoms with Crippen molar-refractivity contribution in [3.05, 3.63) is 33.4 Å². The molecule has 5 heteroatoms. The summed E-state index contributed by atoms with van der Waals surface area (Å²) in [7, 11) is 0. The number of carbonyl (C=O) groups excluding carboxylic acids is 1. The number of aryl methyl sites for hydroxylation is 2. The molecule has 0 atom stereocenters. The molecule has 0 aliphatic heterocycles. The monoisotopic (exact) mass is 401 g/mol. The third-order valence-electron chi connectivity index (χ3n) is 3.25. The number of alkyl halides is 1. The second-order valence-corrected chi connectivity index (χ2v) is 6.20. The second-order valence-electron chi connectivity index (χ2n) is 4.61. The van der Waals surface area contributed by atoms with E-state index in [9.17, 15) is 4.79 Å². The van der Waals surface area contributed by atoms with Crippen LogP contribution in [0.1, 0.15) is 35.0 Å². The Balaban J connectivity index is 2.59. The fraction of sp³-hybridized carbons (Fsp3) is 0.400. The summed E-state index contributed by atoms with van der Waals surface area (Å²) >= 11 is 7.03. The zero-order valence-corrected chi connectivity index (χ0v) is 14.7. The number of ether oxygens (including phenoxy) is 1. The zero-order chi connectivity index (χ0) is 14.7. The van der Waals surface area contributed by atoms with Gasteiger partial charge < -0.3 is 9.72 Å². The van der Waals surface area contributed by atoms with Crippen LogP contribution in [0, 0.1) is 6.92 Å². The van der Waals surface area contributed by atoms with E-state index in [-0.39, 0.29) is 5.97 Å². The molecule has 0 unspecified atom stereocenters. The summed E-state index contributed by atoms with van der Waals surface area (Å²) in [5.41, 5.74) is 3.73. The maximum absolute atomic E-state index is 12.1. The van der Waals surface area contributed by atoms with Crippen LogP contribution >= 0.6 is 31.9 Å². The molecule has 0 saturated carbocycles. The topological polar surface area (TPSA) is 42.1 Å². The Kier molecular flexibility index (Phi) is 5.27. The van der Waals surface area contributed by atoms with E-state index < -0.39 is 0 Å². The lowest BCUT2D eigenvalue weighted by molar-refractivity contribution is 0.0519. The fourth-order valence-electron chi connectivity index (χ4n) is 2.27. The van der Waals surface area contributed by atoms with Crippen LogP contribution in [0.5, 0.6) is 0 Å². The highest BCUT2D eigenvalue weighted by Gasteiger charge is 2.20.